The Balaban J connectivity index is 2.38. The quantitative estimate of drug-likeness (QED) is 0.525. The Morgan fingerprint density at radius 2 is 1.68 bits per heavy atom. The van der Waals surface area contributed by atoms with Crippen LogP contribution in [0.5, 0.6) is 5.75 Å². The Bertz CT molecular complexity index is 509. The smallest absolute Gasteiger partial charge is 0.303 e. The highest BCUT2D eigenvalue weighted by molar-refractivity contribution is 5.76. The molecule has 0 aliphatic heterocycles. The van der Waals surface area contributed by atoms with Crippen LogP contribution in [-0.4, -0.2) is 23.6 Å². The van der Waals surface area contributed by atoms with Crippen molar-refractivity contribution in [3.63, 3.8) is 0 Å². The van der Waals surface area contributed by atoms with Crippen LogP contribution in [0.25, 0.3) is 0 Å². The van der Waals surface area contributed by atoms with Gasteiger partial charge in [0.1, 0.15) is 5.75 Å². The van der Waals surface area contributed by atoms with Crippen molar-refractivity contribution in [2.45, 2.75) is 64.7 Å². The highest BCUT2D eigenvalue weighted by atomic mass is 16.5. The van der Waals surface area contributed by atoms with E-state index in [2.05, 4.69) is 13.8 Å². The molecule has 3 N–H and O–H groups in total. The van der Waals surface area contributed by atoms with Gasteiger partial charge in [-0.05, 0) is 30.0 Å². The van der Waals surface area contributed by atoms with Crippen molar-refractivity contribution in [3.05, 3.63) is 29.8 Å². The molecule has 0 aromatic heterocycles. The molecular weight excluding hydrogens is 318 g/mol. The van der Waals surface area contributed by atoms with Gasteiger partial charge in [0.05, 0.1) is 13.0 Å². The van der Waals surface area contributed by atoms with E-state index in [0.29, 0.717) is 6.61 Å². The first-order valence-electron chi connectivity index (χ1n) is 9.11. The fraction of sp³-hybridized carbons (Fsp3) is 0.600. The third kappa shape index (κ3) is 9.75. The summed E-state index contributed by atoms with van der Waals surface area (Å²) in [7, 11) is 0. The molecule has 0 heterocycles. The van der Waals surface area contributed by atoms with Crippen molar-refractivity contribution >= 4 is 11.9 Å². The minimum Gasteiger partial charge on any atom is -0.494 e. The SMILES string of the molecule is CC(C)CCCCCCOc1ccc([C@@H](CC(N)=O)CC(=O)O)cc1. The van der Waals surface area contributed by atoms with Crippen LogP contribution >= 0.6 is 0 Å². The molecule has 1 rings (SSSR count). The first-order valence-corrected chi connectivity index (χ1v) is 9.11. The van der Waals surface area contributed by atoms with Gasteiger partial charge in [-0.1, -0.05) is 51.7 Å². The minimum atomic E-state index is -0.941. The monoisotopic (exact) mass is 349 g/mol. The molecule has 0 unspecified atom stereocenters. The summed E-state index contributed by atoms with van der Waals surface area (Å²) in [6.45, 7) is 5.18. The zero-order valence-corrected chi connectivity index (χ0v) is 15.4. The number of aliphatic carboxylic acids is 1. The number of carboxylic acid groups (broad SMARTS) is 1. The molecule has 5 nitrogen and oxygen atoms in total. The molecule has 0 radical (unpaired) electrons. The Labute approximate surface area is 150 Å². The molecule has 1 aromatic carbocycles. The third-order valence-electron chi connectivity index (χ3n) is 4.16. The number of primary amides is 1. The zero-order chi connectivity index (χ0) is 18.7. The standard InChI is InChI=1S/C20H31NO4/c1-15(2)7-5-3-4-6-12-25-18-10-8-16(9-11-18)17(13-19(21)22)14-20(23)24/h8-11,15,17H,3-7,12-14H2,1-2H3,(H2,21,22)(H,23,24)/t17-/m0/s1. The minimum absolute atomic E-state index is 0.0306. The lowest BCUT2D eigenvalue weighted by molar-refractivity contribution is -0.137. The van der Waals surface area contributed by atoms with E-state index in [4.69, 9.17) is 15.6 Å². The van der Waals surface area contributed by atoms with Crippen molar-refractivity contribution in [1.29, 1.82) is 0 Å². The summed E-state index contributed by atoms with van der Waals surface area (Å²) in [5.74, 6) is -0.300. The van der Waals surface area contributed by atoms with Crippen LogP contribution in [-0.2, 0) is 9.59 Å². The normalized spacial score (nSPS) is 12.1. The number of nitrogens with two attached hydrogens (primary N) is 1. The van der Waals surface area contributed by atoms with Gasteiger partial charge in [-0.15, -0.1) is 0 Å². The molecule has 0 aliphatic carbocycles. The Hall–Kier alpha value is -2.04. The molecule has 1 amide bonds. The molecule has 0 aliphatic rings. The second-order valence-corrected chi connectivity index (χ2v) is 6.98. The number of carboxylic acids is 1. The van der Waals surface area contributed by atoms with Gasteiger partial charge >= 0.3 is 5.97 Å². The van der Waals surface area contributed by atoms with Crippen LogP contribution in [0.4, 0.5) is 0 Å². The molecular formula is C20H31NO4. The summed E-state index contributed by atoms with van der Waals surface area (Å²) in [6.07, 6.45) is 5.92. The second kappa shape index (κ2) is 11.5. The van der Waals surface area contributed by atoms with Crippen molar-refractivity contribution in [2.75, 3.05) is 6.61 Å². The average Bonchev–Trinajstić information content (AvgIpc) is 2.53. The average molecular weight is 349 g/mol. The van der Waals surface area contributed by atoms with Crippen LogP contribution in [0.1, 0.15) is 70.3 Å². The number of carbonyl (C=O) groups excluding carboxylic acids is 1. The van der Waals surface area contributed by atoms with Crippen molar-refractivity contribution < 1.29 is 19.4 Å². The maximum atomic E-state index is 11.1. The maximum absolute atomic E-state index is 11.1. The molecule has 0 saturated heterocycles. The second-order valence-electron chi connectivity index (χ2n) is 6.98. The van der Waals surface area contributed by atoms with E-state index in [1.807, 2.05) is 24.3 Å². The van der Waals surface area contributed by atoms with Gasteiger partial charge < -0.3 is 15.6 Å². The van der Waals surface area contributed by atoms with Gasteiger partial charge in [0.2, 0.25) is 5.91 Å². The number of carbonyl (C=O) groups is 2. The zero-order valence-electron chi connectivity index (χ0n) is 15.4. The number of benzene rings is 1. The molecule has 1 atom stereocenters. The maximum Gasteiger partial charge on any atom is 0.303 e. The largest absolute Gasteiger partial charge is 0.494 e. The topological polar surface area (TPSA) is 89.6 Å². The summed E-state index contributed by atoms with van der Waals surface area (Å²) in [5.41, 5.74) is 6.01. The van der Waals surface area contributed by atoms with E-state index in [-0.39, 0.29) is 12.8 Å². The Morgan fingerprint density at radius 3 is 2.24 bits per heavy atom. The number of hydrogen-bond donors (Lipinski definition) is 2. The van der Waals surface area contributed by atoms with Gasteiger partial charge in [0.15, 0.2) is 0 Å². The Morgan fingerprint density at radius 1 is 1.04 bits per heavy atom. The van der Waals surface area contributed by atoms with Gasteiger partial charge in [-0.25, -0.2) is 0 Å². The van der Waals surface area contributed by atoms with Crippen molar-refractivity contribution in [1.82, 2.24) is 0 Å². The van der Waals surface area contributed by atoms with E-state index in [0.717, 1.165) is 23.7 Å². The molecule has 25 heavy (non-hydrogen) atoms. The van der Waals surface area contributed by atoms with Crippen LogP contribution < -0.4 is 10.5 Å². The van der Waals surface area contributed by atoms with Crippen LogP contribution in [0.2, 0.25) is 0 Å². The fourth-order valence-corrected chi connectivity index (χ4v) is 2.80. The lowest BCUT2D eigenvalue weighted by Crippen LogP contribution is -2.17. The van der Waals surface area contributed by atoms with Crippen LogP contribution in [0.15, 0.2) is 24.3 Å². The predicted octanol–water partition coefficient (Wildman–Crippen LogP) is 4.11. The van der Waals surface area contributed by atoms with Crippen LogP contribution in [0.3, 0.4) is 0 Å². The third-order valence-corrected chi connectivity index (χ3v) is 4.16. The highest BCUT2D eigenvalue weighted by Gasteiger charge is 2.18. The number of ether oxygens (including phenoxy) is 1. The molecule has 0 saturated carbocycles. The van der Waals surface area contributed by atoms with E-state index in [1.165, 1.54) is 25.7 Å². The molecule has 1 aromatic rings. The molecule has 5 heteroatoms. The lowest BCUT2D eigenvalue weighted by atomic mass is 9.92. The van der Waals surface area contributed by atoms with E-state index in [9.17, 15) is 9.59 Å². The van der Waals surface area contributed by atoms with Gasteiger partial charge in [0.25, 0.3) is 0 Å². The van der Waals surface area contributed by atoms with E-state index in [1.54, 1.807) is 0 Å². The van der Waals surface area contributed by atoms with Gasteiger partial charge in [-0.2, -0.15) is 0 Å². The van der Waals surface area contributed by atoms with Gasteiger partial charge in [-0.3, -0.25) is 9.59 Å². The van der Waals surface area contributed by atoms with Crippen LogP contribution in [0, 0.1) is 5.92 Å². The molecule has 0 spiro atoms. The number of amides is 1. The molecule has 140 valence electrons. The number of hydrogen-bond acceptors (Lipinski definition) is 3. The Kier molecular flexibility index (Phi) is 9.66. The number of unbranched alkanes of at least 4 members (excludes halogenated alkanes) is 3. The fourth-order valence-electron chi connectivity index (χ4n) is 2.80. The van der Waals surface area contributed by atoms with E-state index >= 15 is 0 Å². The molecule has 0 fully saturated rings. The first-order chi connectivity index (χ1) is 11.9. The summed E-state index contributed by atoms with van der Waals surface area (Å²) in [4.78, 5) is 22.1. The predicted molar refractivity (Wildman–Crippen MR) is 98.7 cm³/mol. The van der Waals surface area contributed by atoms with E-state index < -0.39 is 17.8 Å². The summed E-state index contributed by atoms with van der Waals surface area (Å²) >= 11 is 0. The number of rotatable bonds is 13. The molecule has 0 bridgehead atoms. The summed E-state index contributed by atoms with van der Waals surface area (Å²) in [6, 6.07) is 7.27. The highest BCUT2D eigenvalue weighted by Crippen LogP contribution is 2.25. The first kappa shape index (κ1) is 21.0. The van der Waals surface area contributed by atoms with Crippen molar-refractivity contribution in [3.8, 4) is 5.75 Å². The summed E-state index contributed by atoms with van der Waals surface area (Å²) < 4.78 is 5.72. The van der Waals surface area contributed by atoms with Gasteiger partial charge in [0, 0.05) is 12.3 Å². The van der Waals surface area contributed by atoms with Crippen molar-refractivity contribution in [2.24, 2.45) is 11.7 Å². The lowest BCUT2D eigenvalue weighted by Gasteiger charge is -2.14. The summed E-state index contributed by atoms with van der Waals surface area (Å²) in [5, 5.41) is 8.97.